The number of aromatic nitrogens is 1. The van der Waals surface area contributed by atoms with E-state index in [1.54, 1.807) is 0 Å². The Kier molecular flexibility index (Phi) is 12.4. The topological polar surface area (TPSA) is 374 Å². The summed E-state index contributed by atoms with van der Waals surface area (Å²) in [5.74, 6) is -1.71. The average molecular weight is 701 g/mol. The number of aliphatic hydroxyl groups excluding tert-OH is 6. The van der Waals surface area contributed by atoms with Gasteiger partial charge in [0, 0.05) is 18.0 Å². The first-order valence-corrected chi connectivity index (χ1v) is 15.1. The maximum Gasteiger partial charge on any atom is 0.271 e. The summed E-state index contributed by atoms with van der Waals surface area (Å²) in [6.07, 6.45) is -14.0. The smallest absolute Gasteiger partial charge is 0.271 e. The highest BCUT2D eigenvalue weighted by Gasteiger charge is 2.60. The highest BCUT2D eigenvalue weighted by atomic mass is 16.8. The van der Waals surface area contributed by atoms with E-state index in [4.69, 9.17) is 41.9 Å². The molecule has 0 spiro atoms. The Morgan fingerprint density at radius 3 is 2.16 bits per heavy atom. The number of rotatable bonds is 11. The molecule has 17 N–H and O–H groups in total. The van der Waals surface area contributed by atoms with Gasteiger partial charge in [-0.3, -0.25) is 9.78 Å². The Morgan fingerprint density at radius 2 is 1.57 bits per heavy atom. The number of likely N-dealkylation sites (N-methyl/N-ethyl adjacent to an activating group) is 1. The van der Waals surface area contributed by atoms with E-state index in [9.17, 15) is 40.5 Å². The summed E-state index contributed by atoms with van der Waals surface area (Å²) in [6.45, 7) is 0.673. The van der Waals surface area contributed by atoms with Crippen LogP contribution < -0.4 is 33.7 Å². The van der Waals surface area contributed by atoms with Gasteiger partial charge >= 0.3 is 0 Å². The predicted octanol–water partition coefficient (Wildman–Crippen LogP) is -7.55. The maximum absolute atomic E-state index is 12.6. The zero-order valence-electron chi connectivity index (χ0n) is 26.4. The van der Waals surface area contributed by atoms with Gasteiger partial charge in [0.25, 0.3) is 5.91 Å². The van der Waals surface area contributed by atoms with Crippen molar-refractivity contribution in [3.63, 3.8) is 0 Å². The van der Waals surface area contributed by atoms with Gasteiger partial charge < -0.3 is 82.9 Å². The summed E-state index contributed by atoms with van der Waals surface area (Å²) in [5.41, 5.74) is 22.3. The number of nitrogens with one attached hydrogen (secondary N) is 2. The fraction of sp³-hybridized carbons (Fsp3) is 0.667. The Hall–Kier alpha value is -3.65. The molecule has 3 aliphatic rings. The van der Waals surface area contributed by atoms with Crippen LogP contribution in [0.5, 0.6) is 0 Å². The number of hydrazone groups is 1. The molecule has 1 aromatic rings. The molecular weight excluding hydrogens is 656 g/mol. The number of carbonyl (C=O) groups excluding carboxylic acids is 1. The van der Waals surface area contributed by atoms with E-state index < -0.39 is 116 Å². The standard InChI is InChI=1S/C27H44N10O12/c1-9-27(45,8-34-37-22(44)10-3-5-33-6-4-10)21(49-23-14(32-2)18(42)15(39)11(7-38)47-23)24(46-9)48-20-13(36-26(30)31)16(40)12(35-25(28)29)17(41)19(20)43/h3-6,8-9,11-21,23-24,32,38-43,45H,7H2,1-2H3,(H,37,44)(H4,28,29,35)(H4,30,31,36)/b34-8+/t9-,11-,12+,13-,14-,15-,16+,17-,18-,19+,20+,21-,23-,24-,27+/m0/s1. The lowest BCUT2D eigenvalue weighted by Gasteiger charge is -2.45. The first-order valence-electron chi connectivity index (χ1n) is 15.1. The first kappa shape index (κ1) is 38.2. The lowest BCUT2D eigenvalue weighted by molar-refractivity contribution is -0.313. The molecular formula is C27H44N10O12. The highest BCUT2D eigenvalue weighted by Crippen LogP contribution is 2.38. The molecule has 2 saturated heterocycles. The monoisotopic (exact) mass is 700 g/mol. The van der Waals surface area contributed by atoms with E-state index in [1.165, 1.54) is 38.5 Å². The molecule has 15 atom stereocenters. The van der Waals surface area contributed by atoms with Crippen molar-refractivity contribution in [1.29, 1.82) is 0 Å². The second-order valence-electron chi connectivity index (χ2n) is 11.7. The minimum atomic E-state index is -2.28. The summed E-state index contributed by atoms with van der Waals surface area (Å²) < 4.78 is 23.8. The molecule has 274 valence electrons. The van der Waals surface area contributed by atoms with Gasteiger partial charge in [0.1, 0.15) is 60.9 Å². The molecule has 0 aromatic carbocycles. The quantitative estimate of drug-likeness (QED) is 0.0579. The number of hydrogen-bond donors (Lipinski definition) is 13. The number of carbonyl (C=O) groups is 1. The van der Waals surface area contributed by atoms with Crippen molar-refractivity contribution >= 4 is 24.0 Å². The molecule has 1 amide bonds. The van der Waals surface area contributed by atoms with Gasteiger partial charge in [0.15, 0.2) is 30.1 Å². The molecule has 4 rings (SSSR count). The molecule has 0 radical (unpaired) electrons. The van der Waals surface area contributed by atoms with Crippen molar-refractivity contribution in [1.82, 2.24) is 15.7 Å². The van der Waals surface area contributed by atoms with Crippen LogP contribution in [0.4, 0.5) is 0 Å². The van der Waals surface area contributed by atoms with Crippen LogP contribution in [0.15, 0.2) is 39.6 Å². The molecule has 1 aliphatic carbocycles. The number of nitrogens with zero attached hydrogens (tertiary/aromatic N) is 4. The van der Waals surface area contributed by atoms with Crippen LogP contribution in [-0.2, 0) is 18.9 Å². The van der Waals surface area contributed by atoms with Crippen LogP contribution >= 0.6 is 0 Å². The predicted molar refractivity (Wildman–Crippen MR) is 167 cm³/mol. The van der Waals surface area contributed by atoms with Crippen LogP contribution in [0.3, 0.4) is 0 Å². The van der Waals surface area contributed by atoms with Crippen LogP contribution in [0, 0.1) is 0 Å². The SMILES string of the molecule is CN[C@@H]1[C@H](O[C@H]2[C@H](O[C@H]3[C@H](O)[C@@H](O)[C@H](N=C(N)N)[C@@H](O)[C@@H]3N=C(N)N)O[C@@H](C)[C@]2(O)/C=N/NC(=O)c2ccncc2)O[C@@H](CO)[C@H](O)[C@H]1O. The van der Waals surface area contributed by atoms with E-state index in [2.05, 4.69) is 30.8 Å². The lowest BCUT2D eigenvalue weighted by atomic mass is 9.81. The molecule has 1 saturated carbocycles. The van der Waals surface area contributed by atoms with Gasteiger partial charge in [0.2, 0.25) is 0 Å². The third-order valence-electron chi connectivity index (χ3n) is 8.53. The number of nitrogens with two attached hydrogens (primary N) is 4. The Bertz CT molecular complexity index is 1350. The Labute approximate surface area is 279 Å². The zero-order chi connectivity index (χ0) is 36.2. The number of pyridine rings is 1. The van der Waals surface area contributed by atoms with Crippen LogP contribution in [-0.4, -0.2) is 170 Å². The van der Waals surface area contributed by atoms with E-state index in [0.717, 1.165) is 6.21 Å². The van der Waals surface area contributed by atoms with Crippen molar-refractivity contribution in [2.24, 2.45) is 38.0 Å². The number of aliphatic imine (C=N–C) groups is 2. The highest BCUT2D eigenvalue weighted by molar-refractivity contribution is 5.94. The van der Waals surface area contributed by atoms with Gasteiger partial charge in [-0.25, -0.2) is 15.4 Å². The molecule has 3 heterocycles. The van der Waals surface area contributed by atoms with Crippen LogP contribution in [0.25, 0.3) is 0 Å². The fourth-order valence-electron chi connectivity index (χ4n) is 5.86. The number of ether oxygens (including phenoxy) is 4. The van der Waals surface area contributed by atoms with Gasteiger partial charge in [-0.15, -0.1) is 0 Å². The van der Waals surface area contributed by atoms with Crippen LogP contribution in [0.2, 0.25) is 0 Å². The minimum Gasteiger partial charge on any atom is -0.394 e. The van der Waals surface area contributed by atoms with Crippen molar-refractivity contribution in [3.8, 4) is 0 Å². The summed E-state index contributed by atoms with van der Waals surface area (Å²) >= 11 is 0. The van der Waals surface area contributed by atoms with E-state index in [1.807, 2.05) is 0 Å². The van der Waals surface area contributed by atoms with Gasteiger partial charge in [-0.2, -0.15) is 5.10 Å². The molecule has 49 heavy (non-hydrogen) atoms. The minimum absolute atomic E-state index is 0.201. The number of guanidine groups is 2. The Balaban J connectivity index is 1.71. The number of amides is 1. The molecule has 22 nitrogen and oxygen atoms in total. The second kappa shape index (κ2) is 15.9. The Morgan fingerprint density at radius 1 is 0.939 bits per heavy atom. The molecule has 0 unspecified atom stereocenters. The lowest BCUT2D eigenvalue weighted by Crippen LogP contribution is -2.66. The van der Waals surface area contributed by atoms with E-state index in [-0.39, 0.29) is 5.56 Å². The summed E-state index contributed by atoms with van der Waals surface area (Å²) in [7, 11) is 1.43. The number of hydrogen-bond acceptors (Lipinski definition) is 17. The van der Waals surface area contributed by atoms with Gasteiger partial charge in [-0.1, -0.05) is 0 Å². The van der Waals surface area contributed by atoms with Crippen molar-refractivity contribution in [3.05, 3.63) is 30.1 Å². The van der Waals surface area contributed by atoms with Crippen molar-refractivity contribution in [2.75, 3.05) is 13.7 Å². The zero-order valence-corrected chi connectivity index (χ0v) is 26.4. The molecule has 0 bridgehead atoms. The van der Waals surface area contributed by atoms with Gasteiger partial charge in [0.05, 0.1) is 25.0 Å². The average Bonchev–Trinajstić information content (AvgIpc) is 3.29. The summed E-state index contributed by atoms with van der Waals surface area (Å²) in [5, 5.41) is 82.7. The molecule has 2 aliphatic heterocycles. The summed E-state index contributed by atoms with van der Waals surface area (Å²) in [6, 6.07) is -1.32. The largest absolute Gasteiger partial charge is 0.394 e. The molecule has 22 heteroatoms. The second-order valence-corrected chi connectivity index (χ2v) is 11.7. The molecule has 1 aromatic heterocycles. The molecule has 3 fully saturated rings. The van der Waals surface area contributed by atoms with E-state index in [0.29, 0.717) is 0 Å². The summed E-state index contributed by atoms with van der Waals surface area (Å²) in [4.78, 5) is 24.2. The van der Waals surface area contributed by atoms with Crippen molar-refractivity contribution < 1.29 is 59.5 Å². The first-order chi connectivity index (χ1) is 23.1. The third-order valence-corrected chi connectivity index (χ3v) is 8.53. The maximum atomic E-state index is 12.6. The fourth-order valence-corrected chi connectivity index (χ4v) is 5.86. The van der Waals surface area contributed by atoms with E-state index >= 15 is 0 Å². The number of aliphatic hydroxyl groups is 7. The van der Waals surface area contributed by atoms with Crippen molar-refractivity contribution in [2.45, 2.75) is 98.2 Å². The third kappa shape index (κ3) is 8.06. The van der Waals surface area contributed by atoms with Gasteiger partial charge in [-0.05, 0) is 26.1 Å². The van der Waals surface area contributed by atoms with Crippen LogP contribution in [0.1, 0.15) is 17.3 Å². The normalized spacial score (nSPS) is 40.9.